The summed E-state index contributed by atoms with van der Waals surface area (Å²) in [6.45, 7) is 2.80. The Labute approximate surface area is 197 Å². The van der Waals surface area contributed by atoms with Gasteiger partial charge in [0.1, 0.15) is 11.9 Å². The van der Waals surface area contributed by atoms with Crippen LogP contribution in [-0.4, -0.2) is 59.0 Å². The van der Waals surface area contributed by atoms with Crippen molar-refractivity contribution in [1.82, 2.24) is 14.8 Å². The zero-order valence-electron chi connectivity index (χ0n) is 18.2. The van der Waals surface area contributed by atoms with E-state index in [2.05, 4.69) is 16.4 Å². The van der Waals surface area contributed by atoms with E-state index in [0.29, 0.717) is 32.1 Å². The van der Waals surface area contributed by atoms with Gasteiger partial charge in [-0.05, 0) is 47.3 Å². The van der Waals surface area contributed by atoms with Crippen molar-refractivity contribution < 1.29 is 14.3 Å². The van der Waals surface area contributed by atoms with Crippen LogP contribution in [0.4, 0.5) is 10.5 Å². The van der Waals surface area contributed by atoms with Gasteiger partial charge in [-0.3, -0.25) is 9.78 Å². The van der Waals surface area contributed by atoms with Crippen molar-refractivity contribution in [3.8, 4) is 5.75 Å². The maximum absolute atomic E-state index is 12.5. The third-order valence-electron chi connectivity index (χ3n) is 6.23. The molecule has 0 atom stereocenters. The van der Waals surface area contributed by atoms with Crippen molar-refractivity contribution in [3.63, 3.8) is 0 Å². The number of aromatic nitrogens is 1. The van der Waals surface area contributed by atoms with Crippen LogP contribution in [0.3, 0.4) is 0 Å². The summed E-state index contributed by atoms with van der Waals surface area (Å²) in [5.41, 5.74) is 2.68. The van der Waals surface area contributed by atoms with Crippen molar-refractivity contribution in [2.45, 2.75) is 24.9 Å². The van der Waals surface area contributed by atoms with Crippen LogP contribution in [0.5, 0.6) is 5.75 Å². The highest BCUT2D eigenvalue weighted by Crippen LogP contribution is 2.27. The topological polar surface area (TPSA) is 74.8 Å². The van der Waals surface area contributed by atoms with Crippen LogP contribution < -0.4 is 10.1 Å². The lowest BCUT2D eigenvalue weighted by atomic mass is 9.93. The summed E-state index contributed by atoms with van der Waals surface area (Å²) in [4.78, 5) is 32.8. The first-order chi connectivity index (χ1) is 16.2. The Hall–Kier alpha value is -3.39. The van der Waals surface area contributed by atoms with Gasteiger partial charge in [-0.1, -0.05) is 6.07 Å². The smallest absolute Gasteiger partial charge is 0.321 e. The summed E-state index contributed by atoms with van der Waals surface area (Å²) in [5.74, 6) is 1.23. The average molecular weight is 463 g/mol. The molecule has 0 aliphatic carbocycles. The molecule has 2 fully saturated rings. The fraction of sp³-hybridized carbons (Fsp3) is 0.320. The summed E-state index contributed by atoms with van der Waals surface area (Å²) in [7, 11) is 0. The largest absolute Gasteiger partial charge is 0.490 e. The number of benzene rings is 1. The standard InChI is InChI=1S/C25H26N4O3S/c30-24(19-9-13-33-17-19)28-11-7-23(8-12-28)32-22-5-3-21(4-6-22)27-25(31)29-15-20(16-29)18-2-1-10-26-14-18/h1-6,9-10,13-14,17,20,23H,7-8,11-12,15-16H2,(H,27,31). The van der Waals surface area contributed by atoms with E-state index in [1.807, 2.05) is 58.3 Å². The third-order valence-corrected chi connectivity index (χ3v) is 6.91. The molecule has 170 valence electrons. The number of pyridine rings is 1. The van der Waals surface area contributed by atoms with Gasteiger partial charge in [-0.2, -0.15) is 11.3 Å². The fourth-order valence-corrected chi connectivity index (χ4v) is 4.86. The number of urea groups is 1. The number of ether oxygens (including phenoxy) is 1. The van der Waals surface area contributed by atoms with Gasteiger partial charge in [-0.25, -0.2) is 4.79 Å². The van der Waals surface area contributed by atoms with Crippen molar-refractivity contribution >= 4 is 29.0 Å². The number of rotatable bonds is 5. The third kappa shape index (κ3) is 5.01. The quantitative estimate of drug-likeness (QED) is 0.608. The molecule has 3 aromatic rings. The molecule has 4 heterocycles. The average Bonchev–Trinajstić information content (AvgIpc) is 3.35. The van der Waals surface area contributed by atoms with E-state index in [-0.39, 0.29) is 18.0 Å². The number of likely N-dealkylation sites (tertiary alicyclic amines) is 2. The summed E-state index contributed by atoms with van der Waals surface area (Å²) in [6.07, 6.45) is 5.32. The minimum atomic E-state index is -0.0912. The molecule has 1 aromatic carbocycles. The lowest BCUT2D eigenvalue weighted by Gasteiger charge is -2.39. The van der Waals surface area contributed by atoms with Gasteiger partial charge in [0.05, 0.1) is 5.56 Å². The van der Waals surface area contributed by atoms with E-state index in [9.17, 15) is 9.59 Å². The molecule has 0 spiro atoms. The van der Waals surface area contributed by atoms with E-state index in [1.54, 1.807) is 22.4 Å². The highest BCUT2D eigenvalue weighted by atomic mass is 32.1. The van der Waals surface area contributed by atoms with Gasteiger partial charge in [0.15, 0.2) is 0 Å². The maximum atomic E-state index is 12.5. The van der Waals surface area contributed by atoms with E-state index in [1.165, 1.54) is 5.56 Å². The van der Waals surface area contributed by atoms with E-state index < -0.39 is 0 Å². The molecule has 3 amide bonds. The van der Waals surface area contributed by atoms with Crippen LogP contribution in [0, 0.1) is 0 Å². The zero-order valence-corrected chi connectivity index (χ0v) is 19.0. The molecule has 1 N–H and O–H groups in total. The van der Waals surface area contributed by atoms with Gasteiger partial charge in [-0.15, -0.1) is 0 Å². The van der Waals surface area contributed by atoms with Crippen molar-refractivity contribution in [3.05, 3.63) is 76.7 Å². The number of hydrogen-bond acceptors (Lipinski definition) is 5. The number of nitrogens with one attached hydrogen (secondary N) is 1. The molecular formula is C25H26N4O3S. The van der Waals surface area contributed by atoms with Gasteiger partial charge in [0.2, 0.25) is 0 Å². The molecule has 2 saturated heterocycles. The summed E-state index contributed by atoms with van der Waals surface area (Å²) in [5, 5.41) is 6.77. The summed E-state index contributed by atoms with van der Waals surface area (Å²) < 4.78 is 6.11. The second-order valence-electron chi connectivity index (χ2n) is 8.46. The second kappa shape index (κ2) is 9.62. The first-order valence-electron chi connectivity index (χ1n) is 11.2. The molecule has 2 aromatic heterocycles. The van der Waals surface area contributed by atoms with Crippen LogP contribution >= 0.6 is 11.3 Å². The Kier molecular flexibility index (Phi) is 6.26. The number of amides is 3. The lowest BCUT2D eigenvalue weighted by molar-refractivity contribution is 0.0596. The summed E-state index contributed by atoms with van der Waals surface area (Å²) >= 11 is 1.54. The predicted molar refractivity (Wildman–Crippen MR) is 128 cm³/mol. The molecule has 8 heteroatoms. The number of carbonyl (C=O) groups is 2. The Bertz CT molecular complexity index is 1070. The molecule has 7 nitrogen and oxygen atoms in total. The Balaban J connectivity index is 1.06. The Morgan fingerprint density at radius 2 is 1.82 bits per heavy atom. The Morgan fingerprint density at radius 3 is 2.48 bits per heavy atom. The van der Waals surface area contributed by atoms with Crippen molar-refractivity contribution in [1.29, 1.82) is 0 Å². The molecule has 2 aliphatic heterocycles. The SMILES string of the molecule is O=C(Nc1ccc(OC2CCN(C(=O)c3ccsc3)CC2)cc1)N1CC(c2cccnc2)C1. The fourth-order valence-electron chi connectivity index (χ4n) is 4.23. The monoisotopic (exact) mass is 462 g/mol. The maximum Gasteiger partial charge on any atom is 0.321 e. The van der Waals surface area contributed by atoms with E-state index in [0.717, 1.165) is 29.8 Å². The second-order valence-corrected chi connectivity index (χ2v) is 9.24. The van der Waals surface area contributed by atoms with Crippen LogP contribution in [0.2, 0.25) is 0 Å². The molecular weight excluding hydrogens is 436 g/mol. The molecule has 0 radical (unpaired) electrons. The molecule has 5 rings (SSSR count). The van der Waals surface area contributed by atoms with E-state index in [4.69, 9.17) is 4.74 Å². The van der Waals surface area contributed by atoms with Crippen molar-refractivity contribution in [2.75, 3.05) is 31.5 Å². The van der Waals surface area contributed by atoms with Gasteiger partial charge >= 0.3 is 6.03 Å². The minimum absolute atomic E-state index is 0.0856. The molecule has 2 aliphatic rings. The van der Waals surface area contributed by atoms with Crippen LogP contribution in [-0.2, 0) is 0 Å². The number of nitrogens with zero attached hydrogens (tertiary/aromatic N) is 3. The van der Waals surface area contributed by atoms with Crippen molar-refractivity contribution in [2.24, 2.45) is 0 Å². The van der Waals surface area contributed by atoms with Gasteiger partial charge in [0.25, 0.3) is 5.91 Å². The normalized spacial score (nSPS) is 16.8. The number of hydrogen-bond donors (Lipinski definition) is 1. The highest BCUT2D eigenvalue weighted by Gasteiger charge is 2.32. The Morgan fingerprint density at radius 1 is 1.03 bits per heavy atom. The molecule has 0 bridgehead atoms. The number of anilines is 1. The summed E-state index contributed by atoms with van der Waals surface area (Å²) in [6, 6.07) is 13.2. The number of piperidine rings is 1. The first-order valence-corrected chi connectivity index (χ1v) is 12.1. The molecule has 33 heavy (non-hydrogen) atoms. The lowest BCUT2D eigenvalue weighted by Crippen LogP contribution is -2.50. The van der Waals surface area contributed by atoms with Crippen LogP contribution in [0.25, 0.3) is 0 Å². The van der Waals surface area contributed by atoms with Crippen LogP contribution in [0.15, 0.2) is 65.6 Å². The number of thiophene rings is 1. The highest BCUT2D eigenvalue weighted by molar-refractivity contribution is 7.08. The van der Waals surface area contributed by atoms with Gasteiger partial charge < -0.3 is 19.9 Å². The molecule has 0 saturated carbocycles. The first kappa shape index (κ1) is 21.5. The predicted octanol–water partition coefficient (Wildman–Crippen LogP) is 4.46. The zero-order chi connectivity index (χ0) is 22.6. The number of carbonyl (C=O) groups excluding carboxylic acids is 2. The minimum Gasteiger partial charge on any atom is -0.490 e. The van der Waals surface area contributed by atoms with Gasteiger partial charge in [0, 0.05) is 68.4 Å². The van der Waals surface area contributed by atoms with Crippen LogP contribution in [0.1, 0.15) is 34.7 Å². The van der Waals surface area contributed by atoms with E-state index >= 15 is 0 Å². The molecule has 0 unspecified atom stereocenters.